The zero-order valence-corrected chi connectivity index (χ0v) is 16.3. The summed E-state index contributed by atoms with van der Waals surface area (Å²) in [5, 5.41) is 0. The van der Waals surface area contributed by atoms with Gasteiger partial charge in [-0.15, -0.1) is 0 Å². The fourth-order valence-electron chi connectivity index (χ4n) is 3.95. The van der Waals surface area contributed by atoms with Crippen molar-refractivity contribution in [3.63, 3.8) is 0 Å². The Bertz CT molecular complexity index is 723. The molecule has 0 radical (unpaired) electrons. The monoisotopic (exact) mass is 396 g/mol. The summed E-state index contributed by atoms with van der Waals surface area (Å²) >= 11 is 0. The van der Waals surface area contributed by atoms with E-state index in [0.717, 1.165) is 25.0 Å². The van der Waals surface area contributed by atoms with Crippen LogP contribution >= 0.6 is 0 Å². The zero-order chi connectivity index (χ0) is 20.5. The third kappa shape index (κ3) is 4.50. The number of carbonyl (C=O) groups is 2. The summed E-state index contributed by atoms with van der Waals surface area (Å²) in [5.41, 5.74) is -0.223. The largest absolute Gasteiger partial charge is 0.416 e. The summed E-state index contributed by atoms with van der Waals surface area (Å²) < 4.78 is 39.0. The van der Waals surface area contributed by atoms with Crippen LogP contribution in [0.25, 0.3) is 0 Å². The van der Waals surface area contributed by atoms with E-state index < -0.39 is 17.8 Å². The Morgan fingerprint density at radius 1 is 1.14 bits per heavy atom. The molecule has 1 saturated carbocycles. The number of rotatable bonds is 5. The van der Waals surface area contributed by atoms with Crippen LogP contribution in [0.1, 0.15) is 56.7 Å². The Morgan fingerprint density at radius 2 is 1.79 bits per heavy atom. The minimum absolute atomic E-state index is 0.0362. The van der Waals surface area contributed by atoms with Gasteiger partial charge in [0.2, 0.25) is 11.8 Å². The van der Waals surface area contributed by atoms with Gasteiger partial charge in [-0.25, -0.2) is 0 Å². The number of amides is 2. The fourth-order valence-corrected chi connectivity index (χ4v) is 3.95. The van der Waals surface area contributed by atoms with Gasteiger partial charge < -0.3 is 9.80 Å². The quantitative estimate of drug-likeness (QED) is 0.746. The highest BCUT2D eigenvalue weighted by Gasteiger charge is 2.37. The van der Waals surface area contributed by atoms with Crippen LogP contribution in [0, 0.1) is 11.8 Å². The summed E-state index contributed by atoms with van der Waals surface area (Å²) in [6.07, 6.45) is -1.24. The summed E-state index contributed by atoms with van der Waals surface area (Å²) in [6.45, 7) is 5.20. The molecule has 3 rings (SSSR count). The number of hydrogen-bond acceptors (Lipinski definition) is 2. The van der Waals surface area contributed by atoms with Gasteiger partial charge in [0.1, 0.15) is 0 Å². The average Bonchev–Trinajstić information content (AvgIpc) is 3.52. The number of carbonyl (C=O) groups excluding carboxylic acids is 2. The van der Waals surface area contributed by atoms with Gasteiger partial charge in [0, 0.05) is 31.5 Å². The van der Waals surface area contributed by atoms with Crippen molar-refractivity contribution in [2.75, 3.05) is 19.6 Å². The van der Waals surface area contributed by atoms with Crippen LogP contribution in [-0.2, 0) is 15.8 Å². The van der Waals surface area contributed by atoms with Crippen LogP contribution in [0.15, 0.2) is 24.3 Å². The normalized spacial score (nSPS) is 19.4. The minimum atomic E-state index is -4.41. The maximum Gasteiger partial charge on any atom is 0.416 e. The second-order valence-electron chi connectivity index (χ2n) is 7.80. The number of piperidine rings is 1. The van der Waals surface area contributed by atoms with Gasteiger partial charge in [-0.3, -0.25) is 9.59 Å². The highest BCUT2D eigenvalue weighted by atomic mass is 19.4. The van der Waals surface area contributed by atoms with Gasteiger partial charge in [0.15, 0.2) is 0 Å². The van der Waals surface area contributed by atoms with Crippen LogP contribution in [0.5, 0.6) is 0 Å². The van der Waals surface area contributed by atoms with Gasteiger partial charge in [-0.05, 0) is 57.2 Å². The van der Waals surface area contributed by atoms with E-state index in [4.69, 9.17) is 0 Å². The van der Waals surface area contributed by atoms with Gasteiger partial charge in [-0.2, -0.15) is 13.2 Å². The molecule has 2 amide bonds. The van der Waals surface area contributed by atoms with Crippen molar-refractivity contribution in [2.24, 2.45) is 11.8 Å². The van der Waals surface area contributed by atoms with Crippen molar-refractivity contribution < 1.29 is 22.8 Å². The Labute approximate surface area is 163 Å². The Kier molecular flexibility index (Phi) is 6.01. The molecular weight excluding hydrogens is 369 g/mol. The fraction of sp³-hybridized carbons (Fsp3) is 0.619. The molecule has 1 heterocycles. The number of alkyl halides is 3. The molecule has 0 N–H and O–H groups in total. The van der Waals surface area contributed by atoms with Crippen LogP contribution < -0.4 is 0 Å². The third-order valence-electron chi connectivity index (χ3n) is 5.87. The number of halogens is 3. The first kappa shape index (κ1) is 20.7. The molecule has 154 valence electrons. The number of benzene rings is 1. The minimum Gasteiger partial charge on any atom is -0.342 e. The zero-order valence-electron chi connectivity index (χ0n) is 16.3. The molecule has 4 nitrogen and oxygen atoms in total. The highest BCUT2D eigenvalue weighted by molar-refractivity contribution is 5.82. The lowest BCUT2D eigenvalue weighted by Crippen LogP contribution is -2.45. The van der Waals surface area contributed by atoms with Crippen molar-refractivity contribution >= 4 is 11.8 Å². The van der Waals surface area contributed by atoms with Crippen molar-refractivity contribution in [1.82, 2.24) is 9.80 Å². The van der Waals surface area contributed by atoms with E-state index in [1.807, 2.05) is 11.8 Å². The van der Waals surface area contributed by atoms with E-state index >= 15 is 0 Å². The van der Waals surface area contributed by atoms with Crippen molar-refractivity contribution in [1.29, 1.82) is 0 Å². The van der Waals surface area contributed by atoms with E-state index in [9.17, 15) is 22.8 Å². The molecule has 1 atom stereocenters. The smallest absolute Gasteiger partial charge is 0.342 e. The number of nitrogens with zero attached hydrogens (tertiary/aromatic N) is 2. The van der Waals surface area contributed by atoms with E-state index in [2.05, 4.69) is 0 Å². The van der Waals surface area contributed by atoms with E-state index in [1.54, 1.807) is 17.9 Å². The van der Waals surface area contributed by atoms with E-state index in [-0.39, 0.29) is 23.7 Å². The Balaban J connectivity index is 1.65. The van der Waals surface area contributed by atoms with Crippen LogP contribution in [0.2, 0.25) is 0 Å². The molecule has 2 aliphatic rings. The van der Waals surface area contributed by atoms with Gasteiger partial charge in [0.25, 0.3) is 0 Å². The van der Waals surface area contributed by atoms with Gasteiger partial charge >= 0.3 is 6.18 Å². The Morgan fingerprint density at radius 3 is 2.32 bits per heavy atom. The van der Waals surface area contributed by atoms with E-state index in [0.29, 0.717) is 38.0 Å². The lowest BCUT2D eigenvalue weighted by Gasteiger charge is -2.36. The Hall–Kier alpha value is -2.05. The van der Waals surface area contributed by atoms with Crippen LogP contribution in [-0.4, -0.2) is 41.2 Å². The summed E-state index contributed by atoms with van der Waals surface area (Å²) in [6, 6.07) is 4.74. The van der Waals surface area contributed by atoms with Crippen LogP contribution in [0.3, 0.4) is 0 Å². The topological polar surface area (TPSA) is 40.6 Å². The van der Waals surface area contributed by atoms with Gasteiger partial charge in [-0.1, -0.05) is 12.1 Å². The maximum atomic E-state index is 13.0. The molecule has 0 aromatic heterocycles. The number of likely N-dealkylation sites (tertiary alicyclic amines) is 1. The summed E-state index contributed by atoms with van der Waals surface area (Å²) in [5.74, 6) is 0.165. The second kappa shape index (κ2) is 8.13. The maximum absolute atomic E-state index is 13.0. The van der Waals surface area contributed by atoms with Crippen molar-refractivity contribution in [3.8, 4) is 0 Å². The first-order chi connectivity index (χ1) is 13.2. The average molecular weight is 396 g/mol. The lowest BCUT2D eigenvalue weighted by molar-refractivity contribution is -0.142. The molecule has 1 unspecified atom stereocenters. The molecule has 1 aromatic rings. The van der Waals surface area contributed by atoms with E-state index in [1.165, 1.54) is 6.07 Å². The molecule has 1 aliphatic carbocycles. The second-order valence-corrected chi connectivity index (χ2v) is 7.80. The van der Waals surface area contributed by atoms with Crippen LogP contribution in [0.4, 0.5) is 13.2 Å². The first-order valence-corrected chi connectivity index (χ1v) is 9.98. The molecular formula is C21H27F3N2O2. The highest BCUT2D eigenvalue weighted by Crippen LogP contribution is 2.34. The summed E-state index contributed by atoms with van der Waals surface area (Å²) in [7, 11) is 0. The molecule has 2 fully saturated rings. The molecule has 1 saturated heterocycles. The van der Waals surface area contributed by atoms with Gasteiger partial charge in [0.05, 0.1) is 11.6 Å². The summed E-state index contributed by atoms with van der Waals surface area (Å²) in [4.78, 5) is 28.7. The standard InChI is InChI=1S/C21H27F3N2O2/c1-3-26(14(2)17-5-4-6-18(13-17)21(22,23)24)20(28)16-9-11-25(12-10-16)19(27)15-7-8-15/h4-6,13-16H,3,7-12H2,1-2H3. The van der Waals surface area contributed by atoms with Crippen molar-refractivity contribution in [2.45, 2.75) is 51.7 Å². The molecule has 7 heteroatoms. The first-order valence-electron chi connectivity index (χ1n) is 9.98. The molecule has 0 bridgehead atoms. The number of hydrogen-bond donors (Lipinski definition) is 0. The van der Waals surface area contributed by atoms with Crippen molar-refractivity contribution in [3.05, 3.63) is 35.4 Å². The lowest BCUT2D eigenvalue weighted by atomic mass is 9.93. The molecule has 28 heavy (non-hydrogen) atoms. The SMILES string of the molecule is CCN(C(=O)C1CCN(C(=O)C2CC2)CC1)C(C)c1cccc(C(F)(F)F)c1. The molecule has 0 spiro atoms. The molecule has 1 aliphatic heterocycles. The molecule has 1 aromatic carbocycles. The predicted octanol–water partition coefficient (Wildman–Crippen LogP) is 4.26. The predicted molar refractivity (Wildman–Crippen MR) is 99.3 cm³/mol. The third-order valence-corrected chi connectivity index (χ3v) is 5.87.